The highest BCUT2D eigenvalue weighted by Crippen LogP contribution is 2.60. The van der Waals surface area contributed by atoms with Crippen molar-refractivity contribution < 1.29 is 48.1 Å². The van der Waals surface area contributed by atoms with Gasteiger partial charge in [-0.25, -0.2) is 14.4 Å². The van der Waals surface area contributed by atoms with Crippen LogP contribution in [-0.4, -0.2) is 109 Å². The van der Waals surface area contributed by atoms with Crippen LogP contribution in [0.3, 0.4) is 0 Å². The minimum absolute atomic E-state index is 0.0158. The van der Waals surface area contributed by atoms with Gasteiger partial charge in [0.05, 0.1) is 4.75 Å². The Morgan fingerprint density at radius 2 is 1.69 bits per heavy atom. The van der Waals surface area contributed by atoms with Gasteiger partial charge in [-0.15, -0.1) is 23.5 Å². The van der Waals surface area contributed by atoms with Gasteiger partial charge >= 0.3 is 30.0 Å². The van der Waals surface area contributed by atoms with E-state index < -0.39 is 68.9 Å². The van der Waals surface area contributed by atoms with E-state index >= 15 is 0 Å². The molecule has 0 bridgehead atoms. The molecule has 17 heteroatoms. The molecule has 3 aliphatic heterocycles. The zero-order valence-electron chi connectivity index (χ0n) is 27.0. The molecule has 3 saturated heterocycles. The van der Waals surface area contributed by atoms with Crippen LogP contribution in [0.15, 0.2) is 54.6 Å². The molecule has 2 aromatic rings. The number of likely N-dealkylation sites (N-methyl/N-ethyl adjacent to an activating group) is 1. The van der Waals surface area contributed by atoms with Crippen molar-refractivity contribution in [1.29, 1.82) is 0 Å². The van der Waals surface area contributed by atoms with Crippen molar-refractivity contribution in [2.75, 3.05) is 25.9 Å². The number of nitrogens with one attached hydrogen (secondary N) is 2. The van der Waals surface area contributed by atoms with Gasteiger partial charge in [0, 0.05) is 19.6 Å². The van der Waals surface area contributed by atoms with Gasteiger partial charge in [-0.05, 0) is 50.3 Å². The number of fused-ring (bicyclic) bond motifs is 1. The van der Waals surface area contributed by atoms with E-state index in [4.69, 9.17) is 9.47 Å². The molecule has 3 fully saturated rings. The zero-order chi connectivity index (χ0) is 35.7. The molecule has 0 radical (unpaired) electrons. The van der Waals surface area contributed by atoms with Gasteiger partial charge in [-0.3, -0.25) is 24.1 Å². The van der Waals surface area contributed by atoms with Crippen LogP contribution >= 0.6 is 23.5 Å². The molecule has 0 saturated carbocycles. The summed E-state index contributed by atoms with van der Waals surface area (Å²) in [5.41, 5.74) is 0.944. The number of benzene rings is 2. The summed E-state index contributed by atoms with van der Waals surface area (Å²) in [7, 11) is 0. The molecule has 1 unspecified atom stereocenters. The Bertz CT molecular complexity index is 1670. The molecule has 3 heterocycles. The standard InChI is InChI=1S/C32H35N5O10S2/c1-5-35-15-16-36(26(41)25(35)40)29(44)34-21(19-11-13-20(14-12-19)47-30(45)46-17-18-9-7-6-8-10-18)23(38)33-22-24(39)37-27(22)49-31(2,3)32(37,48-4)28(42)43/h6-14,21-22,27H,5,15-17H2,1-4H3,(H,33,38)(H,34,44)(H,42,43)/t21?,22-,27+,32+/m0/s1. The maximum absolute atomic E-state index is 13.8. The van der Waals surface area contributed by atoms with Crippen molar-refractivity contribution in [2.24, 2.45) is 0 Å². The van der Waals surface area contributed by atoms with E-state index in [9.17, 15) is 38.7 Å². The van der Waals surface area contributed by atoms with Crippen molar-refractivity contribution in [3.8, 4) is 5.75 Å². The van der Waals surface area contributed by atoms with Gasteiger partial charge < -0.3 is 35.0 Å². The second kappa shape index (κ2) is 14.0. The molecule has 4 atom stereocenters. The number of urea groups is 1. The summed E-state index contributed by atoms with van der Waals surface area (Å²) in [5.74, 6) is -4.46. The van der Waals surface area contributed by atoms with Crippen LogP contribution in [0.25, 0.3) is 0 Å². The molecule has 0 aliphatic carbocycles. The van der Waals surface area contributed by atoms with E-state index in [1.165, 1.54) is 45.8 Å². The number of carbonyl (C=O) groups is 7. The zero-order valence-corrected chi connectivity index (χ0v) is 28.7. The number of hydrogen-bond donors (Lipinski definition) is 3. The lowest BCUT2D eigenvalue weighted by atomic mass is 9.94. The minimum atomic E-state index is -1.57. The number of ether oxygens (including phenoxy) is 2. The third-order valence-electron chi connectivity index (χ3n) is 8.58. The number of carbonyl (C=O) groups excluding carboxylic acids is 6. The summed E-state index contributed by atoms with van der Waals surface area (Å²) < 4.78 is 9.44. The van der Waals surface area contributed by atoms with Gasteiger partial charge in [-0.2, -0.15) is 0 Å². The Morgan fingerprint density at radius 3 is 2.31 bits per heavy atom. The third-order valence-corrected chi connectivity index (χ3v) is 11.8. The molecule has 0 aromatic heterocycles. The molecule has 3 N–H and O–H groups in total. The number of carboxylic acid groups (broad SMARTS) is 1. The minimum Gasteiger partial charge on any atom is -0.479 e. The number of carboxylic acids is 1. The number of nitrogens with zero attached hydrogens (tertiary/aromatic N) is 3. The summed E-state index contributed by atoms with van der Waals surface area (Å²) in [6.45, 7) is 5.40. The summed E-state index contributed by atoms with van der Waals surface area (Å²) in [6, 6.07) is 10.9. The van der Waals surface area contributed by atoms with E-state index in [0.717, 1.165) is 17.3 Å². The van der Waals surface area contributed by atoms with E-state index in [0.29, 0.717) is 4.90 Å². The Kier molecular flexibility index (Phi) is 10.1. The smallest absolute Gasteiger partial charge is 0.479 e. The first-order valence-electron chi connectivity index (χ1n) is 15.3. The Labute approximate surface area is 290 Å². The highest BCUT2D eigenvalue weighted by Gasteiger charge is 2.73. The Morgan fingerprint density at radius 1 is 1.02 bits per heavy atom. The fraction of sp³-hybridized carbons (Fsp3) is 0.406. The van der Waals surface area contributed by atoms with Crippen molar-refractivity contribution in [3.05, 3.63) is 65.7 Å². The second-order valence-electron chi connectivity index (χ2n) is 11.8. The number of aliphatic carboxylic acids is 1. The summed E-state index contributed by atoms with van der Waals surface area (Å²) in [6.07, 6.45) is 0.632. The molecule has 6 amide bonds. The predicted molar refractivity (Wildman–Crippen MR) is 177 cm³/mol. The van der Waals surface area contributed by atoms with Gasteiger partial charge in [0.15, 0.2) is 0 Å². The van der Waals surface area contributed by atoms with Crippen LogP contribution in [-0.2, 0) is 35.3 Å². The number of β-lactam (4-membered cyclic amide) rings is 1. The van der Waals surface area contributed by atoms with Gasteiger partial charge in [-0.1, -0.05) is 42.5 Å². The first-order valence-corrected chi connectivity index (χ1v) is 17.4. The fourth-order valence-corrected chi connectivity index (χ4v) is 9.16. The highest BCUT2D eigenvalue weighted by atomic mass is 32.2. The lowest BCUT2D eigenvalue weighted by Crippen LogP contribution is -2.74. The Hall–Kier alpha value is -4.77. The lowest BCUT2D eigenvalue weighted by molar-refractivity contribution is -0.163. The molecule has 15 nitrogen and oxygen atoms in total. The normalized spacial score (nSPS) is 23.3. The molecule has 49 heavy (non-hydrogen) atoms. The SMILES string of the molecule is CCN1CCN(C(=O)NC(C(=O)N[C@H]2C(=O)N3[C@@H]2SC(C)(C)[C@]3(SC)C(=O)O)c2ccc(OC(=O)OCc3ccccc3)cc2)C(=O)C1=O. The number of piperazine rings is 1. The maximum atomic E-state index is 13.8. The third kappa shape index (κ3) is 6.51. The topological polar surface area (TPSA) is 192 Å². The second-order valence-corrected chi connectivity index (χ2v) is 14.5. The number of rotatable bonds is 10. The number of thioether (sulfide) groups is 2. The molecule has 0 spiro atoms. The van der Waals surface area contributed by atoms with Crippen LogP contribution in [0.4, 0.5) is 9.59 Å². The summed E-state index contributed by atoms with van der Waals surface area (Å²) in [5, 5.41) is 14.6. The van der Waals surface area contributed by atoms with E-state index in [2.05, 4.69) is 10.6 Å². The fourth-order valence-electron chi connectivity index (χ4n) is 5.99. The monoisotopic (exact) mass is 713 g/mol. The molecular weight excluding hydrogens is 679 g/mol. The first kappa shape index (κ1) is 35.5. The molecule has 3 aliphatic rings. The molecule has 260 valence electrons. The number of imide groups is 1. The van der Waals surface area contributed by atoms with Gasteiger partial charge in [0.2, 0.25) is 10.8 Å². The first-order chi connectivity index (χ1) is 23.2. The van der Waals surface area contributed by atoms with E-state index in [1.807, 2.05) is 6.07 Å². The van der Waals surface area contributed by atoms with Crippen molar-refractivity contribution in [3.63, 3.8) is 0 Å². The van der Waals surface area contributed by atoms with Crippen molar-refractivity contribution in [1.82, 2.24) is 25.3 Å². The molecular formula is C32H35N5O10S2. The number of hydrogen-bond acceptors (Lipinski definition) is 11. The predicted octanol–water partition coefficient (Wildman–Crippen LogP) is 2.17. The van der Waals surface area contributed by atoms with Crippen LogP contribution in [0.2, 0.25) is 0 Å². The van der Waals surface area contributed by atoms with Crippen molar-refractivity contribution >= 4 is 65.3 Å². The average molecular weight is 714 g/mol. The maximum Gasteiger partial charge on any atom is 0.514 e. The molecule has 5 rings (SSSR count). The molecule has 2 aromatic carbocycles. The summed E-state index contributed by atoms with van der Waals surface area (Å²) >= 11 is 2.26. The van der Waals surface area contributed by atoms with E-state index in [1.54, 1.807) is 51.3 Å². The van der Waals surface area contributed by atoms with Crippen LogP contribution in [0.5, 0.6) is 5.75 Å². The Balaban J connectivity index is 1.34. The summed E-state index contributed by atoms with van der Waals surface area (Å²) in [4.78, 5) is 92.1. The van der Waals surface area contributed by atoms with Crippen LogP contribution in [0.1, 0.15) is 37.9 Å². The van der Waals surface area contributed by atoms with Gasteiger partial charge in [0.1, 0.15) is 29.8 Å². The van der Waals surface area contributed by atoms with Crippen LogP contribution < -0.4 is 15.4 Å². The quantitative estimate of drug-likeness (QED) is 0.141. The average Bonchev–Trinajstić information content (AvgIpc) is 3.31. The van der Waals surface area contributed by atoms with Gasteiger partial charge in [0.25, 0.3) is 5.91 Å². The van der Waals surface area contributed by atoms with Crippen molar-refractivity contribution in [2.45, 2.75) is 54.5 Å². The van der Waals surface area contributed by atoms with Crippen LogP contribution in [0, 0.1) is 0 Å². The number of amides is 6. The largest absolute Gasteiger partial charge is 0.514 e. The highest BCUT2D eigenvalue weighted by molar-refractivity contribution is 8.06. The lowest BCUT2D eigenvalue weighted by Gasteiger charge is -2.49. The van der Waals surface area contributed by atoms with E-state index in [-0.39, 0.29) is 37.6 Å².